The molecule has 1 aliphatic carbocycles. The van der Waals surface area contributed by atoms with Crippen molar-refractivity contribution >= 4 is 5.97 Å². The number of rotatable bonds is 5. The molecule has 0 spiro atoms. The molecule has 2 rings (SSSR count). The Bertz CT molecular complexity index is 286. The molecule has 2 fully saturated rings. The van der Waals surface area contributed by atoms with Crippen LogP contribution in [0.2, 0.25) is 0 Å². The molecule has 0 radical (unpaired) electrons. The van der Waals surface area contributed by atoms with Gasteiger partial charge in [0.05, 0.1) is 5.92 Å². The van der Waals surface area contributed by atoms with Gasteiger partial charge in [-0.05, 0) is 37.6 Å². The first-order valence-corrected chi connectivity index (χ1v) is 8.10. The summed E-state index contributed by atoms with van der Waals surface area (Å²) in [4.78, 5) is 13.5. The van der Waals surface area contributed by atoms with E-state index >= 15 is 0 Å². The highest BCUT2D eigenvalue weighted by Crippen LogP contribution is 2.29. The number of hydrogen-bond donors (Lipinski definition) is 1. The summed E-state index contributed by atoms with van der Waals surface area (Å²) in [5, 5.41) is 9.12. The number of aliphatic carboxylic acids is 1. The van der Waals surface area contributed by atoms with E-state index in [4.69, 9.17) is 5.11 Å². The quantitative estimate of drug-likeness (QED) is 0.830. The van der Waals surface area contributed by atoms with Gasteiger partial charge in [-0.15, -0.1) is 0 Å². The monoisotopic (exact) mass is 267 g/mol. The van der Waals surface area contributed by atoms with Crippen LogP contribution in [0.3, 0.4) is 0 Å². The summed E-state index contributed by atoms with van der Waals surface area (Å²) in [5.41, 5.74) is 0. The molecular weight excluding hydrogens is 238 g/mol. The summed E-state index contributed by atoms with van der Waals surface area (Å²) in [6.07, 6.45) is 10.4. The Labute approximate surface area is 117 Å². The number of likely N-dealkylation sites (tertiary alicyclic amines) is 1. The fourth-order valence-electron chi connectivity index (χ4n) is 3.93. The molecule has 1 saturated carbocycles. The van der Waals surface area contributed by atoms with Crippen LogP contribution in [0.25, 0.3) is 0 Å². The number of hydrogen-bond acceptors (Lipinski definition) is 2. The largest absolute Gasteiger partial charge is 0.481 e. The van der Waals surface area contributed by atoms with E-state index in [0.717, 1.165) is 44.3 Å². The summed E-state index contributed by atoms with van der Waals surface area (Å²) in [5.74, 6) is 0.916. The van der Waals surface area contributed by atoms with Crippen LogP contribution >= 0.6 is 0 Å². The van der Waals surface area contributed by atoms with E-state index in [2.05, 4.69) is 11.8 Å². The Balaban J connectivity index is 1.71. The third kappa shape index (κ3) is 4.79. The zero-order chi connectivity index (χ0) is 13.7. The third-order valence-electron chi connectivity index (χ3n) is 4.89. The maximum atomic E-state index is 11.1. The number of piperidine rings is 1. The van der Waals surface area contributed by atoms with E-state index < -0.39 is 5.97 Å². The van der Waals surface area contributed by atoms with E-state index in [0.29, 0.717) is 0 Å². The van der Waals surface area contributed by atoms with Gasteiger partial charge in [0.1, 0.15) is 0 Å². The van der Waals surface area contributed by atoms with Gasteiger partial charge >= 0.3 is 5.97 Å². The first kappa shape index (κ1) is 14.8. The van der Waals surface area contributed by atoms with E-state index in [1.165, 1.54) is 38.5 Å². The van der Waals surface area contributed by atoms with Crippen molar-refractivity contribution in [2.45, 2.75) is 58.3 Å². The lowest BCUT2D eigenvalue weighted by molar-refractivity contribution is -0.143. The molecule has 1 aliphatic heterocycles. The fourth-order valence-corrected chi connectivity index (χ4v) is 3.93. The van der Waals surface area contributed by atoms with Crippen molar-refractivity contribution in [3.63, 3.8) is 0 Å². The van der Waals surface area contributed by atoms with Gasteiger partial charge in [-0.3, -0.25) is 4.79 Å². The number of nitrogens with zero attached hydrogens (tertiary/aromatic N) is 1. The molecular formula is C16H29NO2. The Morgan fingerprint density at radius 3 is 2.63 bits per heavy atom. The molecule has 0 aromatic carbocycles. The third-order valence-corrected chi connectivity index (χ3v) is 4.89. The average Bonchev–Trinajstić information content (AvgIpc) is 2.40. The Kier molecular flexibility index (Phi) is 5.68. The zero-order valence-electron chi connectivity index (χ0n) is 12.3. The van der Waals surface area contributed by atoms with E-state index in [1.54, 1.807) is 0 Å². The highest BCUT2D eigenvalue weighted by molar-refractivity contribution is 5.70. The minimum Gasteiger partial charge on any atom is -0.481 e. The zero-order valence-corrected chi connectivity index (χ0v) is 12.3. The summed E-state index contributed by atoms with van der Waals surface area (Å²) >= 11 is 0. The van der Waals surface area contributed by atoms with Crippen LogP contribution in [0.15, 0.2) is 0 Å². The molecule has 0 amide bonds. The van der Waals surface area contributed by atoms with Crippen LogP contribution in [-0.2, 0) is 4.79 Å². The van der Waals surface area contributed by atoms with E-state index in [1.807, 2.05) is 0 Å². The molecule has 0 aromatic heterocycles. The van der Waals surface area contributed by atoms with Gasteiger partial charge in [0.15, 0.2) is 0 Å². The molecule has 1 saturated heterocycles. The standard InChI is InChI=1S/C16H29NO2/c1-13(10-14-6-3-2-4-7-14)11-17-9-5-8-15(12-17)16(18)19/h13-15H,2-12H2,1H3,(H,18,19). The Morgan fingerprint density at radius 2 is 1.95 bits per heavy atom. The van der Waals surface area contributed by atoms with Crippen molar-refractivity contribution in [3.05, 3.63) is 0 Å². The summed E-state index contributed by atoms with van der Waals surface area (Å²) < 4.78 is 0. The molecule has 3 nitrogen and oxygen atoms in total. The molecule has 2 unspecified atom stereocenters. The molecule has 1 N–H and O–H groups in total. The topological polar surface area (TPSA) is 40.5 Å². The summed E-state index contributed by atoms with van der Waals surface area (Å²) in [7, 11) is 0. The predicted molar refractivity (Wildman–Crippen MR) is 77.2 cm³/mol. The minimum absolute atomic E-state index is 0.129. The van der Waals surface area contributed by atoms with E-state index in [-0.39, 0.29) is 5.92 Å². The maximum Gasteiger partial charge on any atom is 0.307 e. The number of carboxylic acids is 1. The van der Waals surface area contributed by atoms with Crippen molar-refractivity contribution in [2.24, 2.45) is 17.8 Å². The minimum atomic E-state index is -0.607. The average molecular weight is 267 g/mol. The molecule has 3 heteroatoms. The van der Waals surface area contributed by atoms with Gasteiger partial charge in [-0.1, -0.05) is 39.0 Å². The van der Waals surface area contributed by atoms with Crippen molar-refractivity contribution in [1.29, 1.82) is 0 Å². The van der Waals surface area contributed by atoms with Gasteiger partial charge in [0.2, 0.25) is 0 Å². The molecule has 1 heterocycles. The van der Waals surface area contributed by atoms with Gasteiger partial charge in [-0.2, -0.15) is 0 Å². The lowest BCUT2D eigenvalue weighted by Crippen LogP contribution is -2.41. The van der Waals surface area contributed by atoms with Crippen LogP contribution in [-0.4, -0.2) is 35.6 Å². The van der Waals surface area contributed by atoms with Crippen LogP contribution in [0.5, 0.6) is 0 Å². The van der Waals surface area contributed by atoms with Gasteiger partial charge in [0.25, 0.3) is 0 Å². The van der Waals surface area contributed by atoms with Crippen molar-refractivity contribution < 1.29 is 9.90 Å². The fraction of sp³-hybridized carbons (Fsp3) is 0.938. The molecule has 19 heavy (non-hydrogen) atoms. The van der Waals surface area contributed by atoms with Gasteiger partial charge in [-0.25, -0.2) is 0 Å². The second kappa shape index (κ2) is 7.28. The molecule has 0 aromatic rings. The van der Waals surface area contributed by atoms with Crippen LogP contribution in [0.4, 0.5) is 0 Å². The highest BCUT2D eigenvalue weighted by atomic mass is 16.4. The SMILES string of the molecule is CC(CC1CCCCC1)CN1CCCC(C(=O)O)C1. The second-order valence-electron chi connectivity index (χ2n) is 6.78. The molecule has 2 aliphatic rings. The smallest absolute Gasteiger partial charge is 0.307 e. The van der Waals surface area contributed by atoms with Gasteiger partial charge < -0.3 is 10.0 Å². The molecule has 0 bridgehead atoms. The van der Waals surface area contributed by atoms with Crippen molar-refractivity contribution in [2.75, 3.05) is 19.6 Å². The first-order chi connectivity index (χ1) is 9.15. The van der Waals surface area contributed by atoms with Crippen LogP contribution in [0, 0.1) is 17.8 Å². The van der Waals surface area contributed by atoms with Gasteiger partial charge in [0, 0.05) is 13.1 Å². The van der Waals surface area contributed by atoms with Crippen LogP contribution < -0.4 is 0 Å². The normalized spacial score (nSPS) is 28.2. The highest BCUT2D eigenvalue weighted by Gasteiger charge is 2.26. The maximum absolute atomic E-state index is 11.1. The van der Waals surface area contributed by atoms with E-state index in [9.17, 15) is 4.79 Å². The summed E-state index contributed by atoms with van der Waals surface area (Å²) in [6, 6.07) is 0. The van der Waals surface area contributed by atoms with Crippen LogP contribution in [0.1, 0.15) is 58.3 Å². The lowest BCUT2D eigenvalue weighted by atomic mass is 9.83. The predicted octanol–water partition coefficient (Wildman–Crippen LogP) is 3.39. The molecule has 2 atom stereocenters. The lowest BCUT2D eigenvalue weighted by Gasteiger charge is -2.33. The van der Waals surface area contributed by atoms with Crippen molar-refractivity contribution in [3.8, 4) is 0 Å². The second-order valence-corrected chi connectivity index (χ2v) is 6.78. The number of carboxylic acid groups (broad SMARTS) is 1. The number of carbonyl (C=O) groups is 1. The Morgan fingerprint density at radius 1 is 1.21 bits per heavy atom. The summed E-state index contributed by atoms with van der Waals surface area (Å²) in [6.45, 7) is 5.31. The van der Waals surface area contributed by atoms with Crippen molar-refractivity contribution in [1.82, 2.24) is 4.90 Å². The molecule has 110 valence electrons. The Hall–Kier alpha value is -0.570. The first-order valence-electron chi connectivity index (χ1n) is 8.10.